The molecule has 1 spiro atoms. The molecule has 2 aliphatic heterocycles. The maximum atomic E-state index is 13.0. The molecule has 0 saturated carbocycles. The van der Waals surface area contributed by atoms with E-state index in [9.17, 15) is 4.79 Å². The van der Waals surface area contributed by atoms with Crippen molar-refractivity contribution in [2.24, 2.45) is 0 Å². The van der Waals surface area contributed by atoms with E-state index in [-0.39, 0.29) is 11.4 Å². The van der Waals surface area contributed by atoms with Crippen LogP contribution in [0.1, 0.15) is 24.4 Å². The molecule has 1 aromatic heterocycles. The number of aryl methyl sites for hydroxylation is 1. The third-order valence-electron chi connectivity index (χ3n) is 5.33. The Morgan fingerprint density at radius 3 is 2.61 bits per heavy atom. The van der Waals surface area contributed by atoms with Gasteiger partial charge in [0.15, 0.2) is 0 Å². The summed E-state index contributed by atoms with van der Waals surface area (Å²) in [5.41, 5.74) is -0.323. The quantitative estimate of drug-likeness (QED) is 0.795. The lowest BCUT2D eigenvalue weighted by molar-refractivity contribution is -0.153. The first-order valence-electron chi connectivity index (χ1n) is 8.44. The number of hydrogen-bond acceptors (Lipinski definition) is 4. The van der Waals surface area contributed by atoms with Crippen molar-refractivity contribution in [2.75, 3.05) is 39.8 Å². The molecule has 0 atom stereocenters. The van der Waals surface area contributed by atoms with E-state index >= 15 is 0 Å². The predicted molar refractivity (Wildman–Crippen MR) is 90.1 cm³/mol. The molecule has 23 heavy (non-hydrogen) atoms. The van der Waals surface area contributed by atoms with Crippen LogP contribution in [0.4, 0.5) is 0 Å². The number of hydrogen-bond donors (Lipinski definition) is 0. The summed E-state index contributed by atoms with van der Waals surface area (Å²) < 4.78 is 5.68. The molecule has 0 aliphatic carbocycles. The minimum Gasteiger partial charge on any atom is -0.465 e. The lowest BCUT2D eigenvalue weighted by atomic mass is 9.82. The second kappa shape index (κ2) is 6.49. The van der Waals surface area contributed by atoms with E-state index < -0.39 is 0 Å². The first-order valence-corrected chi connectivity index (χ1v) is 8.44. The summed E-state index contributed by atoms with van der Waals surface area (Å²) in [7, 11) is 2.09. The Balaban J connectivity index is 1.65. The zero-order valence-electron chi connectivity index (χ0n) is 14.3. The average Bonchev–Trinajstić information content (AvgIpc) is 2.95. The van der Waals surface area contributed by atoms with E-state index in [2.05, 4.69) is 23.4 Å². The molecule has 0 aromatic carbocycles. The van der Waals surface area contributed by atoms with Crippen LogP contribution < -0.4 is 0 Å². The highest BCUT2D eigenvalue weighted by molar-refractivity contribution is 5.87. The minimum atomic E-state index is -0.323. The van der Waals surface area contributed by atoms with Crippen molar-refractivity contribution >= 4 is 5.91 Å². The topological polar surface area (TPSA) is 39.9 Å². The summed E-state index contributed by atoms with van der Waals surface area (Å²) in [5.74, 6) is 2.24. The number of nitrogens with zero attached hydrogens (tertiary/aromatic N) is 3. The fourth-order valence-electron chi connectivity index (χ4n) is 3.84. The molecule has 2 saturated heterocycles. The van der Waals surface area contributed by atoms with Gasteiger partial charge in [0, 0.05) is 32.7 Å². The van der Waals surface area contributed by atoms with Gasteiger partial charge in [0.25, 0.3) is 0 Å². The molecule has 2 aliphatic rings. The summed E-state index contributed by atoms with van der Waals surface area (Å²) in [6.07, 6.45) is 3.59. The van der Waals surface area contributed by atoms with Crippen molar-refractivity contribution in [2.45, 2.75) is 31.8 Å². The van der Waals surface area contributed by atoms with E-state index in [0.717, 1.165) is 57.1 Å². The highest BCUT2D eigenvalue weighted by Crippen LogP contribution is 2.33. The zero-order valence-corrected chi connectivity index (χ0v) is 14.3. The van der Waals surface area contributed by atoms with Crippen molar-refractivity contribution in [3.63, 3.8) is 0 Å². The normalized spacial score (nSPS) is 22.7. The van der Waals surface area contributed by atoms with Crippen molar-refractivity contribution in [3.05, 3.63) is 36.3 Å². The number of furan rings is 1. The minimum absolute atomic E-state index is 0.277. The van der Waals surface area contributed by atoms with Gasteiger partial charge >= 0.3 is 0 Å². The van der Waals surface area contributed by atoms with Crippen LogP contribution in [-0.2, 0) is 11.3 Å². The van der Waals surface area contributed by atoms with Crippen LogP contribution in [0.15, 0.2) is 29.2 Å². The Morgan fingerprint density at radius 2 is 2.00 bits per heavy atom. The van der Waals surface area contributed by atoms with Crippen LogP contribution in [0.3, 0.4) is 0 Å². The van der Waals surface area contributed by atoms with Crippen LogP contribution >= 0.6 is 0 Å². The van der Waals surface area contributed by atoms with Crippen LogP contribution in [0.2, 0.25) is 0 Å². The number of amides is 1. The number of carbonyl (C=O) groups excluding carboxylic acids is 1. The molecule has 1 aromatic rings. The molecular formula is C18H27N3O2. The monoisotopic (exact) mass is 317 g/mol. The van der Waals surface area contributed by atoms with E-state index in [1.54, 1.807) is 0 Å². The molecule has 3 heterocycles. The van der Waals surface area contributed by atoms with E-state index in [4.69, 9.17) is 4.42 Å². The SMILES string of the molecule is C=CCN1CCN(C)C2(CCN(Cc3ccc(C)o3)CC2)C1=O. The molecule has 5 nitrogen and oxygen atoms in total. The highest BCUT2D eigenvalue weighted by Gasteiger charge is 2.48. The summed E-state index contributed by atoms with van der Waals surface area (Å²) >= 11 is 0. The number of carbonyl (C=O) groups is 1. The van der Waals surface area contributed by atoms with Gasteiger partial charge in [-0.1, -0.05) is 6.08 Å². The molecular weight excluding hydrogens is 290 g/mol. The smallest absolute Gasteiger partial charge is 0.243 e. The molecule has 2 fully saturated rings. The van der Waals surface area contributed by atoms with E-state index in [0.29, 0.717) is 6.54 Å². The predicted octanol–water partition coefficient (Wildman–Crippen LogP) is 1.88. The first-order chi connectivity index (χ1) is 11.0. The third-order valence-corrected chi connectivity index (χ3v) is 5.33. The van der Waals surface area contributed by atoms with Crippen molar-refractivity contribution in [1.29, 1.82) is 0 Å². The summed E-state index contributed by atoms with van der Waals surface area (Å²) in [6, 6.07) is 4.05. The zero-order chi connectivity index (χ0) is 16.4. The fourth-order valence-corrected chi connectivity index (χ4v) is 3.84. The van der Waals surface area contributed by atoms with Gasteiger partial charge in [-0.05, 0) is 38.9 Å². The lowest BCUT2D eigenvalue weighted by Crippen LogP contribution is -2.67. The van der Waals surface area contributed by atoms with Gasteiger partial charge in [-0.2, -0.15) is 0 Å². The Hall–Kier alpha value is -1.59. The average molecular weight is 317 g/mol. The Bertz CT molecular complexity index is 573. The Labute approximate surface area is 138 Å². The van der Waals surface area contributed by atoms with Gasteiger partial charge in [0.2, 0.25) is 5.91 Å². The second-order valence-electron chi connectivity index (χ2n) is 6.78. The number of piperazine rings is 1. The summed E-state index contributed by atoms with van der Waals surface area (Å²) in [4.78, 5) is 19.6. The van der Waals surface area contributed by atoms with Gasteiger partial charge in [0.1, 0.15) is 17.1 Å². The molecule has 0 radical (unpaired) electrons. The van der Waals surface area contributed by atoms with Crippen LogP contribution in [-0.4, -0.2) is 65.9 Å². The van der Waals surface area contributed by atoms with E-state index in [1.165, 1.54) is 0 Å². The second-order valence-corrected chi connectivity index (χ2v) is 6.78. The van der Waals surface area contributed by atoms with Crippen molar-refractivity contribution in [1.82, 2.24) is 14.7 Å². The largest absolute Gasteiger partial charge is 0.465 e. The highest BCUT2D eigenvalue weighted by atomic mass is 16.3. The number of piperidine rings is 1. The van der Waals surface area contributed by atoms with Crippen LogP contribution in [0.25, 0.3) is 0 Å². The number of likely N-dealkylation sites (N-methyl/N-ethyl adjacent to an activating group) is 1. The van der Waals surface area contributed by atoms with Gasteiger partial charge in [0.05, 0.1) is 6.54 Å². The van der Waals surface area contributed by atoms with Gasteiger partial charge in [-0.25, -0.2) is 0 Å². The molecule has 1 amide bonds. The summed E-state index contributed by atoms with van der Waals surface area (Å²) in [5, 5.41) is 0. The summed E-state index contributed by atoms with van der Waals surface area (Å²) in [6.45, 7) is 10.8. The standard InChI is InChI=1S/C18H27N3O2/c1-4-9-21-13-12-19(3)18(17(21)22)7-10-20(11-8-18)14-16-6-5-15(2)23-16/h4-6H,1,7-14H2,2-3H3. The number of rotatable bonds is 4. The number of likely N-dealkylation sites (tertiary alicyclic amines) is 1. The lowest BCUT2D eigenvalue weighted by Gasteiger charge is -2.51. The molecule has 0 N–H and O–H groups in total. The van der Waals surface area contributed by atoms with Crippen molar-refractivity contribution in [3.8, 4) is 0 Å². The van der Waals surface area contributed by atoms with Crippen molar-refractivity contribution < 1.29 is 9.21 Å². The first kappa shape index (κ1) is 16.3. The molecule has 0 bridgehead atoms. The third kappa shape index (κ3) is 3.08. The van der Waals surface area contributed by atoms with Gasteiger partial charge in [-0.15, -0.1) is 6.58 Å². The molecule has 5 heteroatoms. The molecule has 0 unspecified atom stereocenters. The van der Waals surface area contributed by atoms with Gasteiger partial charge in [-0.3, -0.25) is 14.6 Å². The maximum absolute atomic E-state index is 13.0. The van der Waals surface area contributed by atoms with Crippen LogP contribution in [0.5, 0.6) is 0 Å². The Morgan fingerprint density at radius 1 is 1.26 bits per heavy atom. The van der Waals surface area contributed by atoms with E-state index in [1.807, 2.05) is 30.0 Å². The maximum Gasteiger partial charge on any atom is 0.243 e. The molecule has 126 valence electrons. The van der Waals surface area contributed by atoms with Gasteiger partial charge < -0.3 is 9.32 Å². The molecule has 3 rings (SSSR count). The fraction of sp³-hybridized carbons (Fsp3) is 0.611. The van der Waals surface area contributed by atoms with Crippen LogP contribution in [0, 0.1) is 6.92 Å². The Kier molecular flexibility index (Phi) is 4.60.